The second kappa shape index (κ2) is 20.3. The lowest BCUT2D eigenvalue weighted by atomic mass is 10.0. The number of hydrogen-bond donors (Lipinski definition) is 3. The van der Waals surface area contributed by atoms with Gasteiger partial charge in [-0.1, -0.05) is 48.5 Å². The van der Waals surface area contributed by atoms with Gasteiger partial charge in [-0.2, -0.15) is 18.3 Å². The Hall–Kier alpha value is -6.86. The third kappa shape index (κ3) is 11.7. The van der Waals surface area contributed by atoms with Crippen LogP contribution in [0.1, 0.15) is 51.5 Å². The molecule has 6 rings (SSSR count). The van der Waals surface area contributed by atoms with Crippen molar-refractivity contribution in [2.75, 3.05) is 63.9 Å². The maximum Gasteiger partial charge on any atom is 0.393 e. The van der Waals surface area contributed by atoms with Gasteiger partial charge in [0.2, 0.25) is 17.7 Å². The molecule has 330 valence electrons. The van der Waals surface area contributed by atoms with Gasteiger partial charge in [0.25, 0.3) is 17.4 Å². The minimum Gasteiger partial charge on any atom is -0.378 e. The van der Waals surface area contributed by atoms with Gasteiger partial charge in [0, 0.05) is 76.7 Å². The molecule has 0 bridgehead atoms. The summed E-state index contributed by atoms with van der Waals surface area (Å²) in [5.74, 6) is -3.49. The number of fused-ring (bicyclic) bond motifs is 1. The van der Waals surface area contributed by atoms with E-state index in [1.807, 2.05) is 0 Å². The van der Waals surface area contributed by atoms with Crippen LogP contribution in [0.3, 0.4) is 0 Å². The largest absolute Gasteiger partial charge is 0.393 e. The summed E-state index contributed by atoms with van der Waals surface area (Å²) < 4.78 is 59.6. The molecule has 0 saturated carbocycles. The number of carbonyl (C=O) groups excluding carboxylic acids is 5. The molecule has 15 nitrogen and oxygen atoms in total. The number of rotatable bonds is 15. The predicted octanol–water partition coefficient (Wildman–Crippen LogP) is 4.04. The van der Waals surface area contributed by atoms with E-state index in [0.29, 0.717) is 34.1 Å². The van der Waals surface area contributed by atoms with Crippen molar-refractivity contribution in [1.82, 2.24) is 35.6 Å². The van der Waals surface area contributed by atoms with Gasteiger partial charge in [0.1, 0.15) is 5.82 Å². The molecule has 0 unspecified atom stereocenters. The smallest absolute Gasteiger partial charge is 0.378 e. The van der Waals surface area contributed by atoms with Crippen LogP contribution in [0.25, 0.3) is 21.9 Å². The molecule has 3 N–H and O–H groups in total. The molecule has 0 radical (unpaired) electrons. The highest BCUT2D eigenvalue weighted by molar-refractivity contribution is 6.16. The molecule has 3 aromatic carbocycles. The number of alkyl halides is 3. The fourth-order valence-electron chi connectivity index (χ4n) is 7.16. The molecule has 2 aromatic heterocycles. The minimum absolute atomic E-state index is 0.00194. The van der Waals surface area contributed by atoms with Crippen LogP contribution in [-0.4, -0.2) is 120 Å². The van der Waals surface area contributed by atoms with Crippen LogP contribution < -0.4 is 21.1 Å². The van der Waals surface area contributed by atoms with E-state index in [9.17, 15) is 46.3 Å². The molecule has 19 heteroatoms. The van der Waals surface area contributed by atoms with Crippen LogP contribution in [0.2, 0.25) is 0 Å². The zero-order valence-electron chi connectivity index (χ0n) is 34.4. The Labute approximate surface area is 358 Å². The second-order valence-electron chi connectivity index (χ2n) is 14.7. The first-order chi connectivity index (χ1) is 30.1. The molecule has 1 fully saturated rings. The lowest BCUT2D eigenvalue weighted by Crippen LogP contribution is -2.52. The number of H-pyrrole nitrogens is 1. The summed E-state index contributed by atoms with van der Waals surface area (Å²) in [6.07, 6.45) is -4.06. The fourth-order valence-corrected chi connectivity index (χ4v) is 7.16. The number of carbonyl (C=O) groups is 5. The summed E-state index contributed by atoms with van der Waals surface area (Å²) in [7, 11) is 0. The van der Waals surface area contributed by atoms with Gasteiger partial charge in [-0.05, 0) is 41.0 Å². The number of ether oxygens (including phenoxy) is 1. The lowest BCUT2D eigenvalue weighted by Gasteiger charge is -2.35. The molecule has 5 amide bonds. The third-order valence-corrected chi connectivity index (χ3v) is 10.2. The van der Waals surface area contributed by atoms with E-state index >= 15 is 0 Å². The number of halogens is 4. The maximum absolute atomic E-state index is 14.9. The number of nitrogens with one attached hydrogen (secondary N) is 3. The van der Waals surface area contributed by atoms with E-state index in [0.717, 1.165) is 18.7 Å². The molecule has 63 heavy (non-hydrogen) atoms. The number of aromatic amines is 1. The highest BCUT2D eigenvalue weighted by Crippen LogP contribution is 2.30. The molecule has 1 aliphatic heterocycles. The number of pyridine rings is 1. The molecule has 1 aliphatic rings. The quantitative estimate of drug-likeness (QED) is 0.102. The van der Waals surface area contributed by atoms with E-state index in [-0.39, 0.29) is 98.4 Å². The van der Waals surface area contributed by atoms with Crippen LogP contribution in [0.5, 0.6) is 0 Å². The minimum atomic E-state index is -4.43. The van der Waals surface area contributed by atoms with Crippen molar-refractivity contribution >= 4 is 46.0 Å². The van der Waals surface area contributed by atoms with Crippen LogP contribution in [0, 0.1) is 5.82 Å². The van der Waals surface area contributed by atoms with Gasteiger partial charge in [-0.25, -0.2) is 19.4 Å². The first-order valence-electron chi connectivity index (χ1n) is 20.0. The Morgan fingerprint density at radius 1 is 0.825 bits per heavy atom. The average molecular weight is 873 g/mol. The van der Waals surface area contributed by atoms with Crippen molar-refractivity contribution in [3.63, 3.8) is 0 Å². The molecular formula is C44H44F4N8O7. The molecule has 1 saturated heterocycles. The number of hydrogen-bond acceptors (Lipinski definition) is 10. The van der Waals surface area contributed by atoms with Gasteiger partial charge in [0.05, 0.1) is 48.5 Å². The van der Waals surface area contributed by atoms with E-state index in [1.54, 1.807) is 41.3 Å². The van der Waals surface area contributed by atoms with Crippen LogP contribution in [0.15, 0.2) is 83.8 Å². The van der Waals surface area contributed by atoms with E-state index < -0.39 is 42.0 Å². The number of amides is 5. The van der Waals surface area contributed by atoms with Crippen molar-refractivity contribution in [3.8, 4) is 11.1 Å². The first-order valence-corrected chi connectivity index (χ1v) is 20.0. The summed E-state index contributed by atoms with van der Waals surface area (Å²) in [6, 6.07) is 18.3. The van der Waals surface area contributed by atoms with Crippen molar-refractivity contribution in [2.24, 2.45) is 0 Å². The van der Waals surface area contributed by atoms with Crippen LogP contribution in [-0.2, 0) is 32.0 Å². The Kier molecular flexibility index (Phi) is 14.7. The molecule has 5 aromatic rings. The Morgan fingerprint density at radius 2 is 1.52 bits per heavy atom. The maximum atomic E-state index is 14.9. The normalized spacial score (nSPS) is 12.9. The van der Waals surface area contributed by atoms with Crippen LogP contribution in [0.4, 0.5) is 23.2 Å². The highest BCUT2D eigenvalue weighted by atomic mass is 19.4. The van der Waals surface area contributed by atoms with Crippen molar-refractivity contribution < 1.29 is 46.3 Å². The summed E-state index contributed by atoms with van der Waals surface area (Å²) >= 11 is 0. The first kappa shape index (κ1) is 45.7. The van der Waals surface area contributed by atoms with Gasteiger partial charge in [0.15, 0.2) is 5.69 Å². The number of nitrogens with zero attached hydrogens (tertiary/aromatic N) is 5. The van der Waals surface area contributed by atoms with Crippen molar-refractivity contribution in [2.45, 2.75) is 32.9 Å². The Balaban J connectivity index is 0.931. The predicted molar refractivity (Wildman–Crippen MR) is 223 cm³/mol. The summed E-state index contributed by atoms with van der Waals surface area (Å²) in [6.45, 7) is 3.72. The molecule has 0 aliphatic carbocycles. The summed E-state index contributed by atoms with van der Waals surface area (Å²) in [4.78, 5) is 84.6. The number of benzene rings is 3. The van der Waals surface area contributed by atoms with Crippen molar-refractivity contribution in [1.29, 1.82) is 0 Å². The highest BCUT2D eigenvalue weighted by Gasteiger charge is 2.29. The number of anilines is 1. The molecule has 0 atom stereocenters. The lowest BCUT2D eigenvalue weighted by molar-refractivity contribution is -0.132. The SMILES string of the molecule is CC(=O)N(C(C)=O)c1cc(-c2cccc(CC(F)(F)F)c2)cnc1C(=O)NCCOCCNCC(=O)N1CCN(C(=O)c2cc(Cc3n[nH]c(=O)c4ccccc34)ccc2F)CC1. The van der Waals surface area contributed by atoms with Gasteiger partial charge in [-0.3, -0.25) is 28.8 Å². The van der Waals surface area contributed by atoms with Gasteiger partial charge in [-0.15, -0.1) is 0 Å². The number of piperazine rings is 1. The molecule has 0 spiro atoms. The second-order valence-corrected chi connectivity index (χ2v) is 14.7. The standard InChI is InChI=1S/C44H44F4N8O7/c1-27(57)56(28(2)58)38-23-32(31-7-5-6-30(20-31)24-44(46,47)48)25-51-40(38)42(61)50-13-19-63-18-12-49-26-39(59)54-14-16-55(17-15-54)43(62)35-21-29(10-11-36(35)45)22-37-33-8-3-4-9-34(33)41(60)53-52-37/h3-11,20-21,23,25,49H,12-19,22,24,26H2,1-2H3,(H,50,61)(H,53,60). The van der Waals surface area contributed by atoms with E-state index in [4.69, 9.17) is 4.74 Å². The molecular weight excluding hydrogens is 829 g/mol. The van der Waals surface area contributed by atoms with E-state index in [1.165, 1.54) is 47.5 Å². The van der Waals surface area contributed by atoms with Crippen molar-refractivity contribution in [3.05, 3.63) is 123 Å². The zero-order chi connectivity index (χ0) is 45.3. The third-order valence-electron chi connectivity index (χ3n) is 10.2. The topological polar surface area (TPSA) is 187 Å². The van der Waals surface area contributed by atoms with Gasteiger partial charge < -0.3 is 25.2 Å². The van der Waals surface area contributed by atoms with Crippen LogP contribution >= 0.6 is 0 Å². The zero-order valence-corrected chi connectivity index (χ0v) is 34.4. The summed E-state index contributed by atoms with van der Waals surface area (Å²) in [5.41, 5.74) is 1.02. The average Bonchev–Trinajstić information content (AvgIpc) is 3.25. The Morgan fingerprint density at radius 3 is 2.24 bits per heavy atom. The van der Waals surface area contributed by atoms with E-state index in [2.05, 4.69) is 25.8 Å². The number of imide groups is 1. The molecule has 3 heterocycles. The fraction of sp³-hybridized carbons (Fsp3) is 0.318. The monoisotopic (exact) mass is 872 g/mol. The Bertz CT molecular complexity index is 2560. The number of aromatic nitrogens is 3. The van der Waals surface area contributed by atoms with Gasteiger partial charge >= 0.3 is 6.18 Å². The summed E-state index contributed by atoms with van der Waals surface area (Å²) in [5, 5.41) is 13.4.